The lowest BCUT2D eigenvalue weighted by Gasteiger charge is -2.30. The number of amides is 1. The van der Waals surface area contributed by atoms with Gasteiger partial charge >= 0.3 is 0 Å². The van der Waals surface area contributed by atoms with Gasteiger partial charge in [0.2, 0.25) is 5.91 Å². The summed E-state index contributed by atoms with van der Waals surface area (Å²) in [6.07, 6.45) is 3.69. The topological polar surface area (TPSA) is 47.9 Å². The van der Waals surface area contributed by atoms with Crippen molar-refractivity contribution in [3.05, 3.63) is 95.1 Å². The summed E-state index contributed by atoms with van der Waals surface area (Å²) in [5.41, 5.74) is 4.23. The van der Waals surface area contributed by atoms with Gasteiger partial charge in [-0.25, -0.2) is 8.78 Å². The molecule has 0 bridgehead atoms. The number of nitrogens with one attached hydrogen (secondary N) is 1. The van der Waals surface area contributed by atoms with Crippen LogP contribution in [-0.4, -0.2) is 43.8 Å². The third-order valence-electron chi connectivity index (χ3n) is 7.73. The van der Waals surface area contributed by atoms with E-state index in [1.165, 1.54) is 35.7 Å². The van der Waals surface area contributed by atoms with Crippen LogP contribution >= 0.6 is 11.9 Å². The van der Waals surface area contributed by atoms with Gasteiger partial charge in [0.25, 0.3) is 0 Å². The molecule has 1 saturated carbocycles. The van der Waals surface area contributed by atoms with Crippen molar-refractivity contribution in [3.8, 4) is 0 Å². The lowest BCUT2D eigenvalue weighted by molar-refractivity contribution is -0.119. The Bertz CT molecular complexity index is 1380. The minimum Gasteiger partial charge on any atom is -0.365 e. The van der Waals surface area contributed by atoms with Crippen LogP contribution in [0.2, 0.25) is 0 Å². The number of carbonyl (C=O) groups is 1. The van der Waals surface area contributed by atoms with E-state index in [1.807, 2.05) is 43.0 Å². The molecule has 0 saturated heterocycles. The second kappa shape index (κ2) is 12.5. The third kappa shape index (κ3) is 6.39. The molecule has 3 aromatic carbocycles. The lowest BCUT2D eigenvalue weighted by atomic mass is 9.87. The standard InChI is InChI=1S/C32H36F2N4OS/c1-4-35-31(37(2)3)20-38(32(39)27-19-25(27)22-12-15-23(33)16-13-22)24-17-14-21-8-7-10-29(26(21)18-24)36-40-30-11-6-5-9-28(30)34/h5-6,9,11-18,25,27,29,36H,4,7-8,10,19-20H2,1-3H3. The fourth-order valence-electron chi connectivity index (χ4n) is 5.44. The van der Waals surface area contributed by atoms with Gasteiger partial charge in [-0.1, -0.05) is 30.3 Å². The van der Waals surface area contributed by atoms with Crippen LogP contribution in [0.4, 0.5) is 14.5 Å². The largest absolute Gasteiger partial charge is 0.365 e. The van der Waals surface area contributed by atoms with Crippen molar-refractivity contribution >= 4 is 29.4 Å². The Morgan fingerprint density at radius 1 is 1.07 bits per heavy atom. The highest BCUT2D eigenvalue weighted by molar-refractivity contribution is 7.97. The molecule has 5 nitrogen and oxygen atoms in total. The summed E-state index contributed by atoms with van der Waals surface area (Å²) in [5, 5.41) is 0. The zero-order chi connectivity index (χ0) is 28.2. The molecule has 1 amide bonds. The Hall–Kier alpha value is -3.23. The zero-order valence-corrected chi connectivity index (χ0v) is 24.1. The highest BCUT2D eigenvalue weighted by Gasteiger charge is 2.46. The number of hydrogen-bond acceptors (Lipinski definition) is 4. The Kier molecular flexibility index (Phi) is 8.86. The van der Waals surface area contributed by atoms with E-state index in [0.717, 1.165) is 48.3 Å². The van der Waals surface area contributed by atoms with Crippen molar-refractivity contribution < 1.29 is 13.6 Å². The van der Waals surface area contributed by atoms with Gasteiger partial charge in [0.05, 0.1) is 11.4 Å². The van der Waals surface area contributed by atoms with Gasteiger partial charge in [-0.3, -0.25) is 14.5 Å². The van der Waals surface area contributed by atoms with Crippen molar-refractivity contribution in [2.75, 3.05) is 32.1 Å². The summed E-state index contributed by atoms with van der Waals surface area (Å²) in [6, 6.07) is 19.6. The van der Waals surface area contributed by atoms with Gasteiger partial charge in [0, 0.05) is 38.3 Å². The number of hydrogen-bond donors (Lipinski definition) is 1. The Morgan fingerprint density at radius 3 is 2.58 bits per heavy atom. The van der Waals surface area contributed by atoms with Crippen LogP contribution in [0, 0.1) is 17.6 Å². The first-order chi connectivity index (χ1) is 19.4. The average molecular weight is 563 g/mol. The molecule has 0 heterocycles. The van der Waals surface area contributed by atoms with Gasteiger partial charge in [-0.15, -0.1) is 0 Å². The molecule has 5 rings (SSSR count). The molecule has 2 aliphatic carbocycles. The smallest absolute Gasteiger partial charge is 0.231 e. The van der Waals surface area contributed by atoms with Crippen LogP contribution in [0.5, 0.6) is 0 Å². The molecule has 0 spiro atoms. The minimum absolute atomic E-state index is 0.0378. The quantitative estimate of drug-likeness (QED) is 0.178. The molecule has 3 atom stereocenters. The van der Waals surface area contributed by atoms with E-state index in [0.29, 0.717) is 18.0 Å². The molecular formula is C32H36F2N4OS. The Balaban J connectivity index is 1.42. The summed E-state index contributed by atoms with van der Waals surface area (Å²) in [4.78, 5) is 23.1. The molecule has 1 N–H and O–H groups in total. The summed E-state index contributed by atoms with van der Waals surface area (Å²) in [5.74, 6) is 0.305. The number of amidine groups is 1. The minimum atomic E-state index is -0.273. The van der Waals surface area contributed by atoms with Crippen LogP contribution in [0.1, 0.15) is 54.8 Å². The predicted molar refractivity (Wildman–Crippen MR) is 159 cm³/mol. The number of likely N-dealkylation sites (N-methyl/N-ethyl adjacent to an activating group) is 1. The molecule has 3 aromatic rings. The third-order valence-corrected chi connectivity index (χ3v) is 8.68. The predicted octanol–water partition coefficient (Wildman–Crippen LogP) is 6.76. The summed E-state index contributed by atoms with van der Waals surface area (Å²) in [7, 11) is 3.89. The van der Waals surface area contributed by atoms with Gasteiger partial charge in [0.15, 0.2) is 0 Å². The Morgan fingerprint density at radius 2 is 1.85 bits per heavy atom. The number of benzene rings is 3. The number of nitrogens with zero attached hydrogens (tertiary/aromatic N) is 3. The fraction of sp³-hybridized carbons (Fsp3) is 0.375. The number of aliphatic imine (C=N–C) groups is 1. The number of fused-ring (bicyclic) bond motifs is 1. The van der Waals surface area contributed by atoms with Gasteiger partial charge < -0.3 is 9.80 Å². The first kappa shape index (κ1) is 28.3. The van der Waals surface area contributed by atoms with Crippen LogP contribution in [-0.2, 0) is 11.2 Å². The van der Waals surface area contributed by atoms with Gasteiger partial charge in [-0.05, 0) is 104 Å². The van der Waals surface area contributed by atoms with Crippen molar-refractivity contribution in [1.82, 2.24) is 9.62 Å². The lowest BCUT2D eigenvalue weighted by Crippen LogP contribution is -2.42. The second-order valence-electron chi connectivity index (χ2n) is 10.7. The van der Waals surface area contributed by atoms with E-state index in [2.05, 4.69) is 21.8 Å². The van der Waals surface area contributed by atoms with Crippen molar-refractivity contribution in [2.45, 2.75) is 49.5 Å². The molecule has 210 valence electrons. The van der Waals surface area contributed by atoms with E-state index in [9.17, 15) is 13.6 Å². The maximum absolute atomic E-state index is 14.3. The molecule has 0 aromatic heterocycles. The van der Waals surface area contributed by atoms with Crippen molar-refractivity contribution in [2.24, 2.45) is 10.9 Å². The summed E-state index contributed by atoms with van der Waals surface area (Å²) >= 11 is 1.31. The van der Waals surface area contributed by atoms with Gasteiger partial charge in [-0.2, -0.15) is 0 Å². The van der Waals surface area contributed by atoms with Crippen LogP contribution in [0.15, 0.2) is 76.6 Å². The molecule has 40 heavy (non-hydrogen) atoms. The maximum Gasteiger partial charge on any atom is 0.231 e. The van der Waals surface area contributed by atoms with E-state index >= 15 is 0 Å². The number of rotatable bonds is 9. The number of anilines is 1. The molecule has 3 unspecified atom stereocenters. The number of carbonyl (C=O) groups excluding carboxylic acids is 1. The molecular weight excluding hydrogens is 526 g/mol. The number of aryl methyl sites for hydroxylation is 1. The monoisotopic (exact) mass is 562 g/mol. The van der Waals surface area contributed by atoms with Gasteiger partial charge in [0.1, 0.15) is 17.5 Å². The number of halogens is 2. The maximum atomic E-state index is 14.3. The molecule has 2 aliphatic rings. The SMILES string of the molecule is CCN=C(CN(C(=O)C1CC1c1ccc(F)cc1)c1ccc2c(c1)C(NSc1ccccc1F)CCC2)N(C)C. The van der Waals surface area contributed by atoms with Crippen molar-refractivity contribution in [1.29, 1.82) is 0 Å². The first-order valence-corrected chi connectivity index (χ1v) is 14.7. The normalized spacial score (nSPS) is 20.1. The Labute approximate surface area is 239 Å². The molecule has 1 fully saturated rings. The first-order valence-electron chi connectivity index (χ1n) is 13.9. The zero-order valence-electron chi connectivity index (χ0n) is 23.2. The molecule has 0 radical (unpaired) electrons. The summed E-state index contributed by atoms with van der Waals surface area (Å²) in [6.45, 7) is 2.98. The van der Waals surface area contributed by atoms with E-state index in [1.54, 1.807) is 24.3 Å². The molecule has 8 heteroatoms. The second-order valence-corrected chi connectivity index (χ2v) is 11.6. The van der Waals surface area contributed by atoms with E-state index < -0.39 is 0 Å². The van der Waals surface area contributed by atoms with E-state index in [4.69, 9.17) is 0 Å². The highest BCUT2D eigenvalue weighted by Crippen LogP contribution is 2.49. The average Bonchev–Trinajstić information content (AvgIpc) is 3.76. The fourth-order valence-corrected chi connectivity index (χ4v) is 6.26. The highest BCUT2D eigenvalue weighted by atomic mass is 32.2. The van der Waals surface area contributed by atoms with Crippen LogP contribution < -0.4 is 9.62 Å². The van der Waals surface area contributed by atoms with Crippen molar-refractivity contribution in [3.63, 3.8) is 0 Å². The van der Waals surface area contributed by atoms with E-state index in [-0.39, 0.29) is 35.4 Å². The van der Waals surface area contributed by atoms with Crippen LogP contribution in [0.25, 0.3) is 0 Å². The summed E-state index contributed by atoms with van der Waals surface area (Å²) < 4.78 is 31.2. The van der Waals surface area contributed by atoms with Crippen LogP contribution in [0.3, 0.4) is 0 Å². The molecule has 0 aliphatic heterocycles.